The molecule has 2 aromatic carbocycles. The van der Waals surface area contributed by atoms with Gasteiger partial charge in [0.15, 0.2) is 0 Å². The highest BCUT2D eigenvalue weighted by molar-refractivity contribution is 7.99. The highest BCUT2D eigenvalue weighted by Crippen LogP contribution is 2.34. The first-order valence-corrected chi connectivity index (χ1v) is 12.7. The minimum atomic E-state index is 0.446. The predicted octanol–water partition coefficient (Wildman–Crippen LogP) is 4.64. The third-order valence-electron chi connectivity index (χ3n) is 6.39. The first-order chi connectivity index (χ1) is 16.7. The molecule has 0 radical (unpaired) electrons. The highest BCUT2D eigenvalue weighted by atomic mass is 32.2. The molecule has 0 unspecified atom stereocenters. The van der Waals surface area contributed by atoms with Crippen molar-refractivity contribution in [2.45, 2.75) is 36.1 Å². The molecule has 0 spiro atoms. The van der Waals surface area contributed by atoms with Gasteiger partial charge in [0, 0.05) is 48.5 Å². The minimum absolute atomic E-state index is 0.446. The average molecular weight is 472 g/mol. The van der Waals surface area contributed by atoms with Crippen LogP contribution in [0.3, 0.4) is 0 Å². The number of aryl methyl sites for hydroxylation is 2. The average Bonchev–Trinajstić information content (AvgIpc) is 2.87. The van der Waals surface area contributed by atoms with Gasteiger partial charge in [0.1, 0.15) is 17.4 Å². The molecule has 1 saturated heterocycles. The van der Waals surface area contributed by atoms with E-state index in [2.05, 4.69) is 70.2 Å². The van der Waals surface area contributed by atoms with Crippen molar-refractivity contribution < 1.29 is 4.74 Å². The summed E-state index contributed by atoms with van der Waals surface area (Å²) in [5, 5.41) is 10.1. The molecule has 3 heterocycles. The molecule has 0 aliphatic carbocycles. The maximum absolute atomic E-state index is 9.11. The lowest BCUT2D eigenvalue weighted by atomic mass is 10.0. The zero-order chi connectivity index (χ0) is 23.3. The van der Waals surface area contributed by atoms with Crippen LogP contribution in [-0.4, -0.2) is 49.4 Å². The first kappa shape index (κ1) is 22.7. The van der Waals surface area contributed by atoms with Gasteiger partial charge in [-0.1, -0.05) is 23.9 Å². The molecule has 0 N–H and O–H groups in total. The van der Waals surface area contributed by atoms with Crippen LogP contribution in [0.15, 0.2) is 58.6 Å². The molecular formula is C27H29N5OS. The maximum atomic E-state index is 9.11. The number of hydrogen-bond acceptors (Lipinski definition) is 7. The lowest BCUT2D eigenvalue weighted by molar-refractivity contribution is 0.122. The first-order valence-electron chi connectivity index (χ1n) is 11.9. The highest BCUT2D eigenvalue weighted by Gasteiger charge is 2.18. The van der Waals surface area contributed by atoms with Crippen LogP contribution in [0.2, 0.25) is 0 Å². The summed E-state index contributed by atoms with van der Waals surface area (Å²) in [4.78, 5) is 15.2. The Labute approximate surface area is 205 Å². The number of benzene rings is 2. The van der Waals surface area contributed by atoms with E-state index in [0.29, 0.717) is 13.0 Å². The Morgan fingerprint density at radius 2 is 1.91 bits per heavy atom. The summed E-state index contributed by atoms with van der Waals surface area (Å²) in [6, 6.07) is 17.6. The van der Waals surface area contributed by atoms with Crippen LogP contribution in [0.5, 0.6) is 0 Å². The molecule has 6 nitrogen and oxygen atoms in total. The topological polar surface area (TPSA) is 65.3 Å². The third-order valence-corrected chi connectivity index (χ3v) is 7.49. The number of nitrogens with zero attached hydrogens (tertiary/aromatic N) is 5. The molecule has 3 aromatic rings. The summed E-state index contributed by atoms with van der Waals surface area (Å²) in [6.45, 7) is 6.94. The molecule has 7 heteroatoms. The molecule has 1 aromatic heterocycles. The molecule has 1 fully saturated rings. The molecule has 0 saturated carbocycles. The van der Waals surface area contributed by atoms with Crippen molar-refractivity contribution in [1.29, 1.82) is 5.26 Å². The second-order valence-corrected chi connectivity index (χ2v) is 9.86. The largest absolute Gasteiger partial charge is 0.378 e. The van der Waals surface area contributed by atoms with Crippen LogP contribution in [0.1, 0.15) is 28.9 Å². The van der Waals surface area contributed by atoms with Gasteiger partial charge in [-0.15, -0.1) is 0 Å². The third kappa shape index (κ3) is 5.19. The van der Waals surface area contributed by atoms with Crippen LogP contribution in [-0.2, 0) is 17.6 Å². The van der Waals surface area contributed by atoms with E-state index in [9.17, 15) is 0 Å². The van der Waals surface area contributed by atoms with E-state index < -0.39 is 0 Å². The Morgan fingerprint density at radius 3 is 2.71 bits per heavy atom. The van der Waals surface area contributed by atoms with Gasteiger partial charge in [0.25, 0.3) is 0 Å². The Morgan fingerprint density at radius 1 is 1.09 bits per heavy atom. The summed E-state index contributed by atoms with van der Waals surface area (Å²) in [5.41, 5.74) is 6.05. The Hall–Kier alpha value is -3.08. The minimum Gasteiger partial charge on any atom is -0.378 e. The predicted molar refractivity (Wildman–Crippen MR) is 136 cm³/mol. The van der Waals surface area contributed by atoms with E-state index in [1.54, 1.807) is 11.8 Å². The summed E-state index contributed by atoms with van der Waals surface area (Å²) >= 11 is 1.69. The number of morpholine rings is 1. The molecule has 2 aliphatic heterocycles. The Balaban J connectivity index is 1.29. The molecule has 0 bridgehead atoms. The number of anilines is 2. The summed E-state index contributed by atoms with van der Waals surface area (Å²) in [6.07, 6.45) is 4.79. The smallest absolute Gasteiger partial charge is 0.133 e. The number of ether oxygens (including phenoxy) is 1. The Kier molecular flexibility index (Phi) is 6.98. The van der Waals surface area contributed by atoms with Gasteiger partial charge >= 0.3 is 0 Å². The van der Waals surface area contributed by atoms with Crippen LogP contribution >= 0.6 is 11.8 Å². The summed E-state index contributed by atoms with van der Waals surface area (Å²) < 4.78 is 5.46. The molecule has 34 heavy (non-hydrogen) atoms. The van der Waals surface area contributed by atoms with Crippen molar-refractivity contribution >= 4 is 23.1 Å². The molecule has 174 valence electrons. The van der Waals surface area contributed by atoms with E-state index in [4.69, 9.17) is 15.0 Å². The number of aromatic nitrogens is 2. The second-order valence-electron chi connectivity index (χ2n) is 8.79. The number of hydrogen-bond donors (Lipinski definition) is 0. The van der Waals surface area contributed by atoms with Gasteiger partial charge in [-0.3, -0.25) is 0 Å². The second kappa shape index (κ2) is 10.5. The fourth-order valence-corrected chi connectivity index (χ4v) is 5.48. The molecular weight excluding hydrogens is 442 g/mol. The van der Waals surface area contributed by atoms with E-state index in [-0.39, 0.29) is 0 Å². The maximum Gasteiger partial charge on any atom is 0.133 e. The fourth-order valence-electron chi connectivity index (χ4n) is 4.55. The van der Waals surface area contributed by atoms with Gasteiger partial charge < -0.3 is 14.5 Å². The normalized spacial score (nSPS) is 15.6. The number of nitriles is 1. The zero-order valence-electron chi connectivity index (χ0n) is 19.5. The van der Waals surface area contributed by atoms with Crippen molar-refractivity contribution in [3.63, 3.8) is 0 Å². The van der Waals surface area contributed by atoms with Crippen LogP contribution in [0, 0.1) is 18.3 Å². The molecule has 5 rings (SSSR count). The summed E-state index contributed by atoms with van der Waals surface area (Å²) in [5.74, 6) is 0.838. The van der Waals surface area contributed by atoms with Gasteiger partial charge in [-0.05, 0) is 66.8 Å². The monoisotopic (exact) mass is 471 g/mol. The van der Waals surface area contributed by atoms with E-state index in [0.717, 1.165) is 62.1 Å². The van der Waals surface area contributed by atoms with Crippen molar-refractivity contribution in [1.82, 2.24) is 9.97 Å². The summed E-state index contributed by atoms with van der Waals surface area (Å²) in [7, 11) is 0. The van der Waals surface area contributed by atoms with Crippen molar-refractivity contribution in [3.05, 3.63) is 71.2 Å². The lowest BCUT2D eigenvalue weighted by Crippen LogP contribution is -2.36. The van der Waals surface area contributed by atoms with Gasteiger partial charge in [0.05, 0.1) is 19.3 Å². The number of fused-ring (bicyclic) bond motifs is 1. The molecule has 0 amide bonds. The lowest BCUT2D eigenvalue weighted by Gasteiger charge is -2.29. The molecule has 2 aliphatic rings. The number of rotatable bonds is 6. The van der Waals surface area contributed by atoms with Gasteiger partial charge in [0.2, 0.25) is 0 Å². The molecule has 0 atom stereocenters. The van der Waals surface area contributed by atoms with Crippen LogP contribution < -0.4 is 9.80 Å². The van der Waals surface area contributed by atoms with E-state index in [1.165, 1.54) is 27.4 Å². The quantitative estimate of drug-likeness (QED) is 0.383. The SMILES string of the molecule is Cc1cnc(Cc2ccc(N3CCOCC3)cc2)nc1Sc1ccc2c(c1)CCCN2CC#N. The Bertz CT molecular complexity index is 1180. The van der Waals surface area contributed by atoms with Gasteiger partial charge in [-0.25, -0.2) is 9.97 Å². The van der Waals surface area contributed by atoms with Crippen molar-refractivity contribution in [2.75, 3.05) is 49.2 Å². The van der Waals surface area contributed by atoms with Crippen molar-refractivity contribution in [3.8, 4) is 6.07 Å². The zero-order valence-corrected chi connectivity index (χ0v) is 20.4. The van der Waals surface area contributed by atoms with Crippen LogP contribution in [0.25, 0.3) is 0 Å². The van der Waals surface area contributed by atoms with Crippen molar-refractivity contribution in [2.24, 2.45) is 0 Å². The van der Waals surface area contributed by atoms with E-state index >= 15 is 0 Å². The fraction of sp³-hybridized carbons (Fsp3) is 0.370. The standard InChI is InChI=1S/C27H29N5OS/c1-20-19-29-26(17-21-4-6-23(7-5-21)31-13-15-33-16-14-31)30-27(20)34-24-8-9-25-22(18-24)3-2-11-32(25)12-10-28/h4-9,18-19H,2-3,11-17H2,1H3. The van der Waals surface area contributed by atoms with Crippen LogP contribution in [0.4, 0.5) is 11.4 Å². The van der Waals surface area contributed by atoms with E-state index in [1.807, 2.05) is 6.20 Å². The van der Waals surface area contributed by atoms with Gasteiger partial charge in [-0.2, -0.15) is 5.26 Å².